The van der Waals surface area contributed by atoms with E-state index in [4.69, 9.17) is 0 Å². The lowest BCUT2D eigenvalue weighted by atomic mass is 10.3. The van der Waals surface area contributed by atoms with E-state index >= 15 is 0 Å². The van der Waals surface area contributed by atoms with Gasteiger partial charge in [0.15, 0.2) is 0 Å². The highest BCUT2D eigenvalue weighted by molar-refractivity contribution is 7.90. The Bertz CT molecular complexity index is 1330. The quantitative estimate of drug-likeness (QED) is 0.378. The van der Waals surface area contributed by atoms with Gasteiger partial charge in [0.05, 0.1) is 9.79 Å². The monoisotopic (exact) mass is 492 g/mol. The first kappa shape index (κ1) is 24.6. The summed E-state index contributed by atoms with van der Waals surface area (Å²) in [6.45, 7) is 0. The summed E-state index contributed by atoms with van der Waals surface area (Å²) < 4.78 is 54.4. The predicted octanol–water partition coefficient (Wildman–Crippen LogP) is 3.78. The van der Waals surface area contributed by atoms with Gasteiger partial charge in [0, 0.05) is 42.8 Å². The summed E-state index contributed by atoms with van der Waals surface area (Å²) in [7, 11) is -7.23. The van der Waals surface area contributed by atoms with E-state index < -0.39 is 20.0 Å². The van der Waals surface area contributed by atoms with Crippen molar-refractivity contribution in [2.75, 3.05) is 0 Å². The van der Waals surface area contributed by atoms with Gasteiger partial charge < -0.3 is 0 Å². The summed E-state index contributed by atoms with van der Waals surface area (Å²) >= 11 is 0. The van der Waals surface area contributed by atoms with Gasteiger partial charge in [-0.25, -0.2) is 0 Å². The molecule has 0 atom stereocenters. The normalized spacial score (nSPS) is 11.8. The van der Waals surface area contributed by atoms with E-state index in [1.165, 1.54) is 36.7 Å². The standard InChI is InChI=1S/2C12H10N2O2S/c15-17(16,12-6-2-1-3-7-12)14-10-11-5-4-8-13-9-11;15-17(16,12-4-2-1-3-5-12)14-10-11-6-8-13-9-7-11/h2*1-10H. The Morgan fingerprint density at radius 1 is 0.529 bits per heavy atom. The second kappa shape index (κ2) is 11.7. The maximum absolute atomic E-state index is 11.8. The van der Waals surface area contributed by atoms with E-state index in [2.05, 4.69) is 18.8 Å². The first-order chi connectivity index (χ1) is 16.4. The molecule has 10 heteroatoms. The molecule has 0 aliphatic carbocycles. The molecule has 2 heterocycles. The molecule has 0 saturated carbocycles. The third-order valence-corrected chi connectivity index (χ3v) is 6.66. The van der Waals surface area contributed by atoms with E-state index in [1.54, 1.807) is 85.5 Å². The Balaban J connectivity index is 0.000000191. The number of pyridine rings is 2. The van der Waals surface area contributed by atoms with Crippen molar-refractivity contribution in [1.82, 2.24) is 9.97 Å². The van der Waals surface area contributed by atoms with E-state index in [0.717, 1.165) is 0 Å². The summed E-state index contributed by atoms with van der Waals surface area (Å²) in [5.41, 5.74) is 1.34. The molecule has 0 fully saturated rings. The molecule has 172 valence electrons. The van der Waals surface area contributed by atoms with Gasteiger partial charge in [0.1, 0.15) is 0 Å². The fourth-order valence-corrected chi connectivity index (χ4v) is 4.24. The number of nitrogens with zero attached hydrogens (tertiary/aromatic N) is 4. The number of rotatable bonds is 6. The van der Waals surface area contributed by atoms with Crippen molar-refractivity contribution in [3.05, 3.63) is 121 Å². The van der Waals surface area contributed by atoms with Gasteiger partial charge in [0.2, 0.25) is 0 Å². The van der Waals surface area contributed by atoms with Crippen molar-refractivity contribution in [3.8, 4) is 0 Å². The molecule has 0 unspecified atom stereocenters. The first-order valence-corrected chi connectivity index (χ1v) is 12.8. The Kier molecular flexibility index (Phi) is 8.49. The van der Waals surface area contributed by atoms with Crippen molar-refractivity contribution in [2.45, 2.75) is 9.79 Å². The smallest absolute Gasteiger partial charge is 0.265 e. The second-order valence-corrected chi connectivity index (χ2v) is 9.88. The molecule has 2 aromatic carbocycles. The van der Waals surface area contributed by atoms with Gasteiger partial charge in [-0.2, -0.15) is 25.6 Å². The molecule has 0 radical (unpaired) electrons. The number of hydrogen-bond acceptors (Lipinski definition) is 6. The van der Waals surface area contributed by atoms with Crippen molar-refractivity contribution >= 4 is 32.5 Å². The van der Waals surface area contributed by atoms with E-state index in [1.807, 2.05) is 0 Å². The van der Waals surface area contributed by atoms with Crippen molar-refractivity contribution < 1.29 is 16.8 Å². The fraction of sp³-hybridized carbons (Fsp3) is 0. The van der Waals surface area contributed by atoms with Gasteiger partial charge in [-0.05, 0) is 48.0 Å². The van der Waals surface area contributed by atoms with Crippen molar-refractivity contribution in [3.63, 3.8) is 0 Å². The minimum atomic E-state index is -3.62. The third kappa shape index (κ3) is 7.54. The maximum atomic E-state index is 11.8. The van der Waals surface area contributed by atoms with E-state index in [0.29, 0.717) is 11.1 Å². The minimum absolute atomic E-state index is 0.181. The lowest BCUT2D eigenvalue weighted by molar-refractivity contribution is 0.596. The molecule has 0 N–H and O–H groups in total. The highest BCUT2D eigenvalue weighted by Crippen LogP contribution is 2.12. The van der Waals surface area contributed by atoms with Crippen LogP contribution < -0.4 is 0 Å². The number of benzene rings is 2. The Hall–Kier alpha value is -4.02. The SMILES string of the molecule is O=S(=O)(N=Cc1cccnc1)c1ccccc1.O=S(=O)(N=Cc1ccncc1)c1ccccc1. The zero-order chi connectivity index (χ0) is 24.3. The predicted molar refractivity (Wildman–Crippen MR) is 131 cm³/mol. The molecule has 8 nitrogen and oxygen atoms in total. The summed E-state index contributed by atoms with van der Waals surface area (Å²) in [6.07, 6.45) is 8.92. The van der Waals surface area contributed by atoms with Crippen LogP contribution in [0, 0.1) is 0 Å². The van der Waals surface area contributed by atoms with Crippen molar-refractivity contribution in [2.24, 2.45) is 8.80 Å². The molecule has 0 saturated heterocycles. The maximum Gasteiger partial charge on any atom is 0.282 e. The number of aromatic nitrogens is 2. The number of hydrogen-bond donors (Lipinski definition) is 0. The van der Waals surface area contributed by atoms with Crippen molar-refractivity contribution in [1.29, 1.82) is 0 Å². The van der Waals surface area contributed by atoms with Gasteiger partial charge in [-0.15, -0.1) is 0 Å². The molecule has 2 aromatic heterocycles. The highest BCUT2D eigenvalue weighted by atomic mass is 32.2. The van der Waals surface area contributed by atoms with Crippen LogP contribution in [0.25, 0.3) is 0 Å². The Labute approximate surface area is 198 Å². The van der Waals surface area contributed by atoms with Crippen LogP contribution in [0.15, 0.2) is 128 Å². The molecule has 0 amide bonds. The molecular formula is C24H20N4O4S2. The van der Waals surface area contributed by atoms with Crippen LogP contribution in [-0.2, 0) is 20.0 Å². The van der Waals surface area contributed by atoms with Crippen LogP contribution in [0.4, 0.5) is 0 Å². The highest BCUT2D eigenvalue weighted by Gasteiger charge is 2.10. The van der Waals surface area contributed by atoms with E-state index in [9.17, 15) is 16.8 Å². The molecule has 0 aliphatic heterocycles. The zero-order valence-corrected chi connectivity index (χ0v) is 19.4. The molecule has 34 heavy (non-hydrogen) atoms. The zero-order valence-electron chi connectivity index (χ0n) is 17.8. The van der Waals surface area contributed by atoms with Crippen LogP contribution in [0.3, 0.4) is 0 Å². The molecule has 0 aliphatic rings. The molecule has 0 spiro atoms. The van der Waals surface area contributed by atoms with Gasteiger partial charge in [-0.1, -0.05) is 42.5 Å². The van der Waals surface area contributed by atoms with Crippen LogP contribution in [0.5, 0.6) is 0 Å². The molecular weight excluding hydrogens is 472 g/mol. The topological polar surface area (TPSA) is 119 Å². The fourth-order valence-electron chi connectivity index (χ4n) is 2.47. The molecule has 4 rings (SSSR count). The molecule has 0 bridgehead atoms. The Morgan fingerprint density at radius 2 is 1.03 bits per heavy atom. The summed E-state index contributed by atoms with van der Waals surface area (Å²) in [5, 5.41) is 0. The van der Waals surface area contributed by atoms with Crippen LogP contribution in [0.1, 0.15) is 11.1 Å². The average molecular weight is 493 g/mol. The van der Waals surface area contributed by atoms with Gasteiger partial charge in [-0.3, -0.25) is 9.97 Å². The largest absolute Gasteiger partial charge is 0.282 e. The van der Waals surface area contributed by atoms with Gasteiger partial charge >= 0.3 is 0 Å². The number of sulfonamides is 2. The van der Waals surface area contributed by atoms with Crippen LogP contribution in [0.2, 0.25) is 0 Å². The average Bonchev–Trinajstić information content (AvgIpc) is 2.89. The minimum Gasteiger partial charge on any atom is -0.265 e. The summed E-state index contributed by atoms with van der Waals surface area (Å²) in [5.74, 6) is 0. The lowest BCUT2D eigenvalue weighted by Gasteiger charge is -1.97. The second-order valence-electron chi connectivity index (χ2n) is 6.61. The molecule has 4 aromatic rings. The third-order valence-electron chi connectivity index (χ3n) is 4.15. The van der Waals surface area contributed by atoms with E-state index in [-0.39, 0.29) is 9.79 Å². The van der Waals surface area contributed by atoms with Crippen LogP contribution >= 0.6 is 0 Å². The summed E-state index contributed by atoms with van der Waals surface area (Å²) in [6, 6.07) is 23.0. The Morgan fingerprint density at radius 3 is 1.50 bits per heavy atom. The van der Waals surface area contributed by atoms with Gasteiger partial charge in [0.25, 0.3) is 20.0 Å². The lowest BCUT2D eigenvalue weighted by Crippen LogP contribution is -1.97. The van der Waals surface area contributed by atoms with Crippen LogP contribution in [-0.4, -0.2) is 39.2 Å². The first-order valence-electron chi connectivity index (χ1n) is 9.88. The summed E-state index contributed by atoms with van der Waals surface area (Å²) in [4.78, 5) is 8.08.